The number of benzene rings is 1. The molecule has 0 radical (unpaired) electrons. The number of phenolic OH excluding ortho intramolecular Hbond substituents is 2. The van der Waals surface area contributed by atoms with Gasteiger partial charge in [0.05, 0.1) is 0 Å². The number of phenols is 2. The van der Waals surface area contributed by atoms with Crippen LogP contribution in [0.25, 0.3) is 0 Å². The fourth-order valence-electron chi connectivity index (χ4n) is 3.14. The van der Waals surface area contributed by atoms with Crippen molar-refractivity contribution in [1.29, 1.82) is 0 Å². The molecule has 0 bridgehead atoms. The van der Waals surface area contributed by atoms with Gasteiger partial charge in [0.1, 0.15) is 11.5 Å². The van der Waals surface area contributed by atoms with Crippen molar-refractivity contribution in [2.75, 3.05) is 0 Å². The summed E-state index contributed by atoms with van der Waals surface area (Å²) in [5, 5.41) is 25.8. The van der Waals surface area contributed by atoms with Crippen molar-refractivity contribution in [3.8, 4) is 11.5 Å². The number of aromatic hydroxyl groups is 2. The topological polar surface area (TPSA) is 138 Å². The molecule has 0 heterocycles. The van der Waals surface area contributed by atoms with Crippen LogP contribution in [0, 0.1) is 0 Å². The summed E-state index contributed by atoms with van der Waals surface area (Å²) in [6, 6.07) is 5.85. The van der Waals surface area contributed by atoms with E-state index in [1.54, 1.807) is 6.07 Å². The molecule has 0 atom stereocenters. The Balaban J connectivity index is -0.000000172. The molecule has 0 spiro atoms. The van der Waals surface area contributed by atoms with Crippen molar-refractivity contribution in [2.24, 2.45) is 0 Å². The Morgan fingerprint density at radius 2 is 1.03 bits per heavy atom. The van der Waals surface area contributed by atoms with Crippen molar-refractivity contribution in [2.45, 2.75) is 110 Å². The monoisotopic (exact) mass is 526 g/mol. The van der Waals surface area contributed by atoms with Crippen LogP contribution < -0.4 is 0 Å². The second kappa shape index (κ2) is 32.4. The van der Waals surface area contributed by atoms with Crippen molar-refractivity contribution < 1.29 is 50.5 Å². The Bertz CT molecular complexity index is 474. The minimum Gasteiger partial charge on any atom is -2.00 e. The van der Waals surface area contributed by atoms with Crippen molar-refractivity contribution in [3.63, 3.8) is 0 Å². The van der Waals surface area contributed by atoms with Gasteiger partial charge < -0.3 is 26.3 Å². The first-order valence-corrected chi connectivity index (χ1v) is 11.3. The van der Waals surface area contributed by atoms with Gasteiger partial charge in [-0.25, -0.2) is 0 Å². The third-order valence-corrected chi connectivity index (χ3v) is 4.82. The van der Waals surface area contributed by atoms with Crippen LogP contribution in [0.5, 0.6) is 11.5 Å². The molecule has 0 aromatic heterocycles. The number of carboxylic acids is 1. The minimum absolute atomic E-state index is 0. The maximum absolute atomic E-state index is 10.3. The number of unbranched alkanes of at least 4 members (excludes halogenated alkanes) is 14. The molecule has 0 aliphatic rings. The van der Waals surface area contributed by atoms with E-state index in [1.165, 1.54) is 102 Å². The second-order valence-electron chi connectivity index (χ2n) is 7.61. The van der Waals surface area contributed by atoms with E-state index >= 15 is 0 Å². The largest absolute Gasteiger partial charge is 2.00 e. The summed E-state index contributed by atoms with van der Waals surface area (Å²) in [5.41, 5.74) is 0. The number of hydrogen-bond acceptors (Lipinski definition) is 3. The smallest absolute Gasteiger partial charge is 2.00 e. The van der Waals surface area contributed by atoms with Gasteiger partial charge in [0.15, 0.2) is 0 Å². The molecule has 0 aliphatic carbocycles. The van der Waals surface area contributed by atoms with E-state index in [-0.39, 0.29) is 55.4 Å². The van der Waals surface area contributed by atoms with Crippen LogP contribution in [0.3, 0.4) is 0 Å². The predicted molar refractivity (Wildman–Crippen MR) is 132 cm³/mol. The zero-order valence-corrected chi connectivity index (χ0v) is 24.0. The van der Waals surface area contributed by atoms with Crippen LogP contribution >= 0.6 is 13.5 Å². The van der Waals surface area contributed by atoms with Crippen LogP contribution in [-0.4, -0.2) is 26.8 Å². The van der Waals surface area contributed by atoms with Gasteiger partial charge in [0.2, 0.25) is 0 Å². The molecule has 0 saturated carbocycles. The summed E-state index contributed by atoms with van der Waals surface area (Å²) in [4.78, 5) is 10.3. The molecule has 0 unspecified atom stereocenters. The molecular formula is C24H46O6SZn. The summed E-state index contributed by atoms with van der Waals surface area (Å²) in [5.74, 6) is -0.477. The molecule has 1 aromatic rings. The van der Waals surface area contributed by atoms with E-state index < -0.39 is 5.97 Å². The SMILES string of the molecule is CCCCCCCCCCCCCCCCCC(=O)O.O.Oc1cccc(O)c1.S.[O-2].[Zn+2]. The standard InChI is InChI=1S/C18H36O2.C6H6O2.H2O.O.H2S.Zn/c1-2-3-4-5-6-7-8-9-10-11-12-13-14-15-16-17-18(19)20;7-5-2-1-3-6(8)4-5;;;;/h2-17H2,1H3,(H,19,20);1-4,7-8H;1H2;;1H2;/q;;;-2;;+2. The van der Waals surface area contributed by atoms with Gasteiger partial charge in [0.25, 0.3) is 0 Å². The Hall–Kier alpha value is -0.817. The summed E-state index contributed by atoms with van der Waals surface area (Å²) >= 11 is 0. The van der Waals surface area contributed by atoms with E-state index in [0.29, 0.717) is 6.42 Å². The number of carboxylic acid groups (broad SMARTS) is 1. The summed E-state index contributed by atoms with van der Waals surface area (Å²) in [7, 11) is 0. The third kappa shape index (κ3) is 33.8. The number of rotatable bonds is 16. The molecule has 186 valence electrons. The molecule has 32 heavy (non-hydrogen) atoms. The van der Waals surface area contributed by atoms with Gasteiger partial charge in [-0.3, -0.25) is 4.79 Å². The van der Waals surface area contributed by atoms with Crippen molar-refractivity contribution in [1.82, 2.24) is 0 Å². The van der Waals surface area contributed by atoms with Crippen LogP contribution in [0.1, 0.15) is 110 Å². The summed E-state index contributed by atoms with van der Waals surface area (Å²) in [6.07, 6.45) is 20.2. The van der Waals surface area contributed by atoms with Crippen LogP contribution in [0.4, 0.5) is 0 Å². The molecule has 5 N–H and O–H groups in total. The molecule has 0 fully saturated rings. The Labute approximate surface area is 215 Å². The Kier molecular flexibility index (Phi) is 41.9. The second-order valence-corrected chi connectivity index (χ2v) is 7.61. The zero-order chi connectivity index (χ0) is 20.9. The van der Waals surface area contributed by atoms with Crippen molar-refractivity contribution in [3.05, 3.63) is 24.3 Å². The fraction of sp³-hybridized carbons (Fsp3) is 0.708. The normalized spacial score (nSPS) is 9.03. The summed E-state index contributed by atoms with van der Waals surface area (Å²) in [6.45, 7) is 2.27. The van der Waals surface area contributed by atoms with Gasteiger partial charge in [-0.05, 0) is 18.6 Å². The predicted octanol–water partition coefficient (Wildman–Crippen LogP) is 6.60. The first kappa shape index (κ1) is 41.4. The molecule has 0 amide bonds. The van der Waals surface area contributed by atoms with E-state index in [9.17, 15) is 4.79 Å². The van der Waals surface area contributed by atoms with Crippen molar-refractivity contribution >= 4 is 19.5 Å². The number of aliphatic carboxylic acids is 1. The maximum atomic E-state index is 10.3. The fourth-order valence-corrected chi connectivity index (χ4v) is 3.14. The van der Waals surface area contributed by atoms with Gasteiger partial charge in [-0.2, -0.15) is 13.5 Å². The van der Waals surface area contributed by atoms with E-state index in [0.717, 1.165) is 12.8 Å². The number of hydrogen-bond donors (Lipinski definition) is 3. The maximum Gasteiger partial charge on any atom is 2.00 e. The molecular weight excluding hydrogens is 482 g/mol. The summed E-state index contributed by atoms with van der Waals surface area (Å²) < 4.78 is 0. The van der Waals surface area contributed by atoms with Crippen LogP contribution in [-0.2, 0) is 29.7 Å². The van der Waals surface area contributed by atoms with E-state index in [4.69, 9.17) is 15.3 Å². The van der Waals surface area contributed by atoms with E-state index in [2.05, 4.69) is 6.92 Å². The Morgan fingerprint density at radius 1 is 0.719 bits per heavy atom. The average molecular weight is 528 g/mol. The van der Waals surface area contributed by atoms with Crippen LogP contribution in [0.2, 0.25) is 0 Å². The first-order valence-electron chi connectivity index (χ1n) is 11.3. The molecule has 6 nitrogen and oxygen atoms in total. The van der Waals surface area contributed by atoms with Gasteiger partial charge in [-0.1, -0.05) is 103 Å². The Morgan fingerprint density at radius 3 is 1.28 bits per heavy atom. The number of carbonyl (C=O) groups is 1. The molecule has 0 saturated heterocycles. The molecule has 1 aromatic carbocycles. The van der Waals surface area contributed by atoms with Gasteiger partial charge in [-0.15, -0.1) is 0 Å². The first-order chi connectivity index (χ1) is 13.6. The van der Waals surface area contributed by atoms with Gasteiger partial charge >= 0.3 is 25.4 Å². The average Bonchev–Trinajstić information content (AvgIpc) is 2.65. The molecule has 8 heteroatoms. The third-order valence-electron chi connectivity index (χ3n) is 4.82. The van der Waals surface area contributed by atoms with E-state index in [1.807, 2.05) is 0 Å². The minimum atomic E-state index is -0.653. The molecule has 1 rings (SSSR count). The quantitative estimate of drug-likeness (QED) is 0.165. The van der Waals surface area contributed by atoms with Gasteiger partial charge in [0, 0.05) is 12.5 Å². The zero-order valence-electron chi connectivity index (χ0n) is 20.0. The van der Waals surface area contributed by atoms with Crippen LogP contribution in [0.15, 0.2) is 24.3 Å². The molecule has 0 aliphatic heterocycles.